The van der Waals surface area contributed by atoms with E-state index in [0.29, 0.717) is 11.3 Å². The summed E-state index contributed by atoms with van der Waals surface area (Å²) in [4.78, 5) is 0. The second-order valence-electron chi connectivity index (χ2n) is 4.31. The normalized spacial score (nSPS) is 12.1. The molecule has 0 spiro atoms. The second-order valence-corrected chi connectivity index (χ2v) is 4.70. The largest absolute Gasteiger partial charge is 0.482 e. The number of H-pyrrole nitrogens is 1. The maximum atomic E-state index is 5.95. The summed E-state index contributed by atoms with van der Waals surface area (Å²) in [7, 11) is 0. The van der Waals surface area contributed by atoms with Crippen molar-refractivity contribution in [3.8, 4) is 5.75 Å². The summed E-state index contributed by atoms with van der Waals surface area (Å²) < 4.78 is 8.41. The Kier molecular flexibility index (Phi) is 4.16. The van der Waals surface area contributed by atoms with Gasteiger partial charge in [0.05, 0.1) is 0 Å². The topological polar surface area (TPSA) is 42.8 Å². The summed E-state index contributed by atoms with van der Waals surface area (Å²) in [6.07, 6.45) is 1.60. The predicted octanol–water partition coefficient (Wildman–Crippen LogP) is 3.58. The van der Waals surface area contributed by atoms with Gasteiger partial charge in [0.2, 0.25) is 0 Å². The molecule has 0 aliphatic carbocycles. The lowest BCUT2D eigenvalue weighted by molar-refractivity contribution is 0.210. The van der Waals surface area contributed by atoms with Gasteiger partial charge in [-0.2, -0.15) is 5.10 Å². The third kappa shape index (κ3) is 2.93. The molecule has 1 atom stereocenters. The van der Waals surface area contributed by atoms with Crippen molar-refractivity contribution in [2.45, 2.75) is 26.5 Å². The van der Waals surface area contributed by atoms with Crippen LogP contribution in [0.1, 0.15) is 24.4 Å². The van der Waals surface area contributed by atoms with Crippen molar-refractivity contribution in [1.82, 2.24) is 14.8 Å². The van der Waals surface area contributed by atoms with E-state index in [0.717, 1.165) is 17.1 Å². The molecule has 2 aromatic rings. The quantitative estimate of drug-likeness (QED) is 0.670. The summed E-state index contributed by atoms with van der Waals surface area (Å²) >= 11 is 5.19. The van der Waals surface area contributed by atoms with Crippen molar-refractivity contribution in [3.05, 3.63) is 53.1 Å². The Labute approximate surface area is 117 Å². The Balaban J connectivity index is 2.25. The van der Waals surface area contributed by atoms with Crippen LogP contribution >= 0.6 is 12.2 Å². The fourth-order valence-electron chi connectivity index (χ4n) is 1.88. The molecule has 100 valence electrons. The third-order valence-electron chi connectivity index (χ3n) is 2.86. The molecule has 0 aliphatic rings. The fourth-order valence-corrected chi connectivity index (χ4v) is 2.09. The fraction of sp³-hybridized carbons (Fsp3) is 0.286. The Morgan fingerprint density at radius 2 is 2.26 bits per heavy atom. The van der Waals surface area contributed by atoms with E-state index in [1.165, 1.54) is 0 Å². The maximum Gasteiger partial charge on any atom is 0.195 e. The summed E-state index contributed by atoms with van der Waals surface area (Å²) in [6.45, 7) is 8.31. The lowest BCUT2D eigenvalue weighted by Crippen LogP contribution is -2.12. The number of nitrogens with zero attached hydrogens (tertiary/aromatic N) is 2. The monoisotopic (exact) mass is 275 g/mol. The van der Waals surface area contributed by atoms with Gasteiger partial charge >= 0.3 is 0 Å². The molecule has 19 heavy (non-hydrogen) atoms. The van der Waals surface area contributed by atoms with Crippen LogP contribution in [0, 0.1) is 11.7 Å². The van der Waals surface area contributed by atoms with Gasteiger partial charge in [0.25, 0.3) is 0 Å². The molecule has 1 aromatic heterocycles. The Hall–Kier alpha value is -1.88. The van der Waals surface area contributed by atoms with E-state index < -0.39 is 0 Å². The average molecular weight is 275 g/mol. The number of aryl methyl sites for hydroxylation is 1. The zero-order chi connectivity index (χ0) is 13.8. The van der Waals surface area contributed by atoms with Crippen LogP contribution in [-0.2, 0) is 6.54 Å². The highest BCUT2D eigenvalue weighted by molar-refractivity contribution is 7.71. The predicted molar refractivity (Wildman–Crippen MR) is 77.8 cm³/mol. The summed E-state index contributed by atoms with van der Waals surface area (Å²) in [5, 5.41) is 7.02. The van der Waals surface area contributed by atoms with Crippen molar-refractivity contribution in [2.24, 2.45) is 0 Å². The van der Waals surface area contributed by atoms with Gasteiger partial charge < -0.3 is 4.74 Å². The molecule has 1 aromatic carbocycles. The smallest absolute Gasteiger partial charge is 0.195 e. The first kappa shape index (κ1) is 13.5. The molecule has 5 heteroatoms. The van der Waals surface area contributed by atoms with Crippen LogP contribution in [-0.4, -0.2) is 14.8 Å². The molecule has 4 nitrogen and oxygen atoms in total. The van der Waals surface area contributed by atoms with Gasteiger partial charge in [-0.25, -0.2) is 0 Å². The number of rotatable bonds is 5. The van der Waals surface area contributed by atoms with E-state index in [1.54, 1.807) is 6.08 Å². The minimum absolute atomic E-state index is 0.186. The number of para-hydroxylation sites is 1. The van der Waals surface area contributed by atoms with Gasteiger partial charge in [-0.3, -0.25) is 9.67 Å². The molecule has 2 rings (SSSR count). The number of hydrogen-bond donors (Lipinski definition) is 1. The van der Waals surface area contributed by atoms with Crippen LogP contribution in [0.2, 0.25) is 0 Å². The molecule has 0 radical (unpaired) electrons. The SMILES string of the molecule is C=CCn1c([C@@H](C)Oc2ccccc2C)n[nH]c1=S. The Morgan fingerprint density at radius 1 is 1.53 bits per heavy atom. The molecule has 0 saturated carbocycles. The number of nitrogens with one attached hydrogen (secondary N) is 1. The van der Waals surface area contributed by atoms with Crippen LogP contribution < -0.4 is 4.74 Å². The Morgan fingerprint density at radius 3 is 2.95 bits per heavy atom. The van der Waals surface area contributed by atoms with Crippen molar-refractivity contribution in [2.75, 3.05) is 0 Å². The highest BCUT2D eigenvalue weighted by atomic mass is 32.1. The summed E-state index contributed by atoms with van der Waals surface area (Å²) in [5.41, 5.74) is 1.10. The number of allylic oxidation sites excluding steroid dienone is 1. The lowest BCUT2D eigenvalue weighted by Gasteiger charge is -2.16. The zero-order valence-corrected chi connectivity index (χ0v) is 11.9. The molecule has 0 unspecified atom stereocenters. The van der Waals surface area contributed by atoms with Crippen molar-refractivity contribution < 1.29 is 4.74 Å². The molecule has 0 saturated heterocycles. The number of aromatic amines is 1. The van der Waals surface area contributed by atoms with Gasteiger partial charge in [0.15, 0.2) is 16.7 Å². The minimum Gasteiger partial charge on any atom is -0.482 e. The van der Waals surface area contributed by atoms with Gasteiger partial charge in [0.1, 0.15) is 5.75 Å². The standard InChI is InChI=1S/C14H17N3OS/c1-4-9-17-13(15-16-14(17)19)11(3)18-12-8-6-5-7-10(12)2/h4-8,11H,1,9H2,2-3H3,(H,16,19)/t11-/m1/s1. The van der Waals surface area contributed by atoms with E-state index >= 15 is 0 Å². The van der Waals surface area contributed by atoms with Crippen molar-refractivity contribution in [1.29, 1.82) is 0 Å². The highest BCUT2D eigenvalue weighted by Crippen LogP contribution is 2.23. The highest BCUT2D eigenvalue weighted by Gasteiger charge is 2.15. The van der Waals surface area contributed by atoms with E-state index in [-0.39, 0.29) is 6.10 Å². The zero-order valence-electron chi connectivity index (χ0n) is 11.1. The minimum atomic E-state index is -0.186. The van der Waals surface area contributed by atoms with Crippen LogP contribution in [0.5, 0.6) is 5.75 Å². The molecular formula is C14H17N3OS. The van der Waals surface area contributed by atoms with Crippen LogP contribution in [0.15, 0.2) is 36.9 Å². The van der Waals surface area contributed by atoms with E-state index in [4.69, 9.17) is 17.0 Å². The average Bonchev–Trinajstić information content (AvgIpc) is 2.75. The van der Waals surface area contributed by atoms with Crippen LogP contribution in [0.4, 0.5) is 0 Å². The number of aromatic nitrogens is 3. The first-order valence-electron chi connectivity index (χ1n) is 6.11. The second kappa shape index (κ2) is 5.84. The number of benzene rings is 1. The number of ether oxygens (including phenoxy) is 1. The molecule has 0 fully saturated rings. The van der Waals surface area contributed by atoms with E-state index in [9.17, 15) is 0 Å². The van der Waals surface area contributed by atoms with Gasteiger partial charge in [0, 0.05) is 6.54 Å². The van der Waals surface area contributed by atoms with Gasteiger partial charge in [-0.05, 0) is 37.7 Å². The molecule has 1 heterocycles. The van der Waals surface area contributed by atoms with E-state index in [2.05, 4.69) is 16.8 Å². The molecule has 0 bridgehead atoms. The van der Waals surface area contributed by atoms with E-state index in [1.807, 2.05) is 42.7 Å². The molecule has 0 amide bonds. The van der Waals surface area contributed by atoms with Crippen molar-refractivity contribution >= 4 is 12.2 Å². The van der Waals surface area contributed by atoms with Crippen LogP contribution in [0.3, 0.4) is 0 Å². The van der Waals surface area contributed by atoms with Gasteiger partial charge in [-0.1, -0.05) is 24.3 Å². The summed E-state index contributed by atoms with van der Waals surface area (Å²) in [5.74, 6) is 1.63. The lowest BCUT2D eigenvalue weighted by atomic mass is 10.2. The molecule has 1 N–H and O–H groups in total. The summed E-state index contributed by atoms with van der Waals surface area (Å²) in [6, 6.07) is 7.91. The van der Waals surface area contributed by atoms with Crippen LogP contribution in [0.25, 0.3) is 0 Å². The van der Waals surface area contributed by atoms with Crippen molar-refractivity contribution in [3.63, 3.8) is 0 Å². The molecule has 0 aliphatic heterocycles. The maximum absolute atomic E-state index is 5.95. The number of hydrogen-bond acceptors (Lipinski definition) is 3. The third-order valence-corrected chi connectivity index (χ3v) is 3.17. The molecular weight excluding hydrogens is 258 g/mol. The Bertz CT molecular complexity index is 630. The first-order chi connectivity index (χ1) is 9.13. The van der Waals surface area contributed by atoms with Gasteiger partial charge in [-0.15, -0.1) is 6.58 Å². The first-order valence-corrected chi connectivity index (χ1v) is 6.52.